The van der Waals surface area contributed by atoms with Crippen LogP contribution in [0.1, 0.15) is 6.92 Å². The van der Waals surface area contributed by atoms with E-state index in [2.05, 4.69) is 10.3 Å². The minimum atomic E-state index is -0.805. The number of nitrogens with zero attached hydrogens (tertiary/aromatic N) is 1. The first-order valence-corrected chi connectivity index (χ1v) is 9.46. The molecule has 0 spiro atoms. The van der Waals surface area contributed by atoms with Crippen molar-refractivity contribution in [2.75, 3.05) is 12.4 Å². The SMILES string of the molecule is COc1ccc(-c2csc(NC(=O)C3Oc4ccccc4OC3C)n2)cc1F. The van der Waals surface area contributed by atoms with Crippen molar-refractivity contribution < 1.29 is 23.4 Å². The third-order valence-corrected chi connectivity index (χ3v) is 5.04. The predicted molar refractivity (Wildman–Crippen MR) is 104 cm³/mol. The van der Waals surface area contributed by atoms with E-state index in [0.717, 1.165) is 0 Å². The number of methoxy groups -OCH3 is 1. The average Bonchev–Trinajstić information content (AvgIpc) is 3.15. The van der Waals surface area contributed by atoms with Gasteiger partial charge in [0.2, 0.25) is 6.10 Å². The van der Waals surface area contributed by atoms with Crippen molar-refractivity contribution in [2.24, 2.45) is 0 Å². The molecular formula is C20H17FN2O4S. The lowest BCUT2D eigenvalue weighted by Crippen LogP contribution is -2.46. The molecule has 4 rings (SSSR count). The Balaban J connectivity index is 1.48. The van der Waals surface area contributed by atoms with Gasteiger partial charge in [-0.25, -0.2) is 9.37 Å². The lowest BCUT2D eigenvalue weighted by molar-refractivity contribution is -0.128. The van der Waals surface area contributed by atoms with Gasteiger partial charge in [0.15, 0.2) is 28.2 Å². The van der Waals surface area contributed by atoms with Crippen LogP contribution < -0.4 is 19.5 Å². The number of ether oxygens (including phenoxy) is 3. The summed E-state index contributed by atoms with van der Waals surface area (Å²) in [6.45, 7) is 1.77. The monoisotopic (exact) mass is 400 g/mol. The smallest absolute Gasteiger partial charge is 0.271 e. The van der Waals surface area contributed by atoms with E-state index in [1.165, 1.54) is 30.6 Å². The molecule has 1 amide bonds. The molecule has 1 aliphatic heterocycles. The first-order valence-electron chi connectivity index (χ1n) is 8.58. The molecule has 6 nitrogen and oxygen atoms in total. The van der Waals surface area contributed by atoms with Crippen molar-refractivity contribution >= 4 is 22.4 Å². The molecule has 0 bridgehead atoms. The second-order valence-corrected chi connectivity index (χ2v) is 7.04. The van der Waals surface area contributed by atoms with Gasteiger partial charge in [0, 0.05) is 10.9 Å². The highest BCUT2D eigenvalue weighted by molar-refractivity contribution is 7.14. The number of amides is 1. The Bertz CT molecular complexity index is 1020. The van der Waals surface area contributed by atoms with E-state index < -0.39 is 18.0 Å². The van der Waals surface area contributed by atoms with Crippen molar-refractivity contribution in [3.63, 3.8) is 0 Å². The minimum Gasteiger partial charge on any atom is -0.494 e. The number of nitrogens with one attached hydrogen (secondary N) is 1. The molecule has 144 valence electrons. The van der Waals surface area contributed by atoms with Crippen LogP contribution in [0.3, 0.4) is 0 Å². The molecule has 3 aromatic rings. The summed E-state index contributed by atoms with van der Waals surface area (Å²) in [5, 5.41) is 4.88. The summed E-state index contributed by atoms with van der Waals surface area (Å²) in [5.41, 5.74) is 1.15. The molecule has 1 aliphatic rings. The number of fused-ring (bicyclic) bond motifs is 1. The zero-order valence-corrected chi connectivity index (χ0v) is 16.0. The first-order chi connectivity index (χ1) is 13.5. The number of hydrogen-bond donors (Lipinski definition) is 1. The van der Waals surface area contributed by atoms with E-state index in [9.17, 15) is 9.18 Å². The van der Waals surface area contributed by atoms with Gasteiger partial charge in [0.05, 0.1) is 12.8 Å². The lowest BCUT2D eigenvalue weighted by atomic mass is 10.1. The Kier molecular flexibility index (Phi) is 4.87. The second kappa shape index (κ2) is 7.47. The largest absolute Gasteiger partial charge is 0.494 e. The average molecular weight is 400 g/mol. The Labute approximate surface area is 164 Å². The van der Waals surface area contributed by atoms with Crippen LogP contribution in [0.4, 0.5) is 9.52 Å². The summed E-state index contributed by atoms with van der Waals surface area (Å²) in [6.07, 6.45) is -1.26. The van der Waals surface area contributed by atoms with Crippen molar-refractivity contribution in [1.29, 1.82) is 0 Å². The normalized spacial score (nSPS) is 17.8. The van der Waals surface area contributed by atoms with Crippen LogP contribution in [0.25, 0.3) is 11.3 Å². The van der Waals surface area contributed by atoms with E-state index in [0.29, 0.717) is 27.9 Å². The maximum absolute atomic E-state index is 13.9. The molecule has 0 saturated heterocycles. The Morgan fingerprint density at radius 2 is 1.96 bits per heavy atom. The van der Waals surface area contributed by atoms with Gasteiger partial charge in [-0.1, -0.05) is 12.1 Å². The van der Waals surface area contributed by atoms with E-state index in [1.54, 1.807) is 30.5 Å². The van der Waals surface area contributed by atoms with Crippen molar-refractivity contribution in [1.82, 2.24) is 4.98 Å². The highest BCUT2D eigenvalue weighted by Crippen LogP contribution is 2.34. The van der Waals surface area contributed by atoms with Gasteiger partial charge in [0.1, 0.15) is 6.10 Å². The molecule has 0 aliphatic carbocycles. The number of hydrogen-bond acceptors (Lipinski definition) is 6. The molecule has 0 fully saturated rings. The molecule has 1 aromatic heterocycles. The van der Waals surface area contributed by atoms with Crippen LogP contribution >= 0.6 is 11.3 Å². The van der Waals surface area contributed by atoms with E-state index in [1.807, 2.05) is 12.1 Å². The zero-order chi connectivity index (χ0) is 19.7. The molecule has 2 atom stereocenters. The molecule has 1 N–H and O–H groups in total. The first kappa shape index (κ1) is 18.2. The second-order valence-electron chi connectivity index (χ2n) is 6.18. The fourth-order valence-corrected chi connectivity index (χ4v) is 3.59. The van der Waals surface area contributed by atoms with Crippen molar-refractivity contribution in [3.05, 3.63) is 53.7 Å². The Hall–Kier alpha value is -3.13. The van der Waals surface area contributed by atoms with Crippen LogP contribution in [0.15, 0.2) is 47.8 Å². The van der Waals surface area contributed by atoms with Gasteiger partial charge in [0.25, 0.3) is 5.91 Å². The number of aromatic nitrogens is 1. The number of carbonyl (C=O) groups is 1. The van der Waals surface area contributed by atoms with Gasteiger partial charge in [-0.05, 0) is 37.3 Å². The summed E-state index contributed by atoms with van der Waals surface area (Å²) >= 11 is 1.25. The van der Waals surface area contributed by atoms with Crippen LogP contribution in [0.5, 0.6) is 17.2 Å². The molecule has 2 unspecified atom stereocenters. The number of para-hydroxylation sites is 2. The van der Waals surface area contributed by atoms with Crippen molar-refractivity contribution in [3.8, 4) is 28.5 Å². The van der Waals surface area contributed by atoms with Gasteiger partial charge in [-0.3, -0.25) is 10.1 Å². The predicted octanol–water partition coefficient (Wildman–Crippen LogP) is 4.12. The summed E-state index contributed by atoms with van der Waals surface area (Å²) in [7, 11) is 1.41. The maximum Gasteiger partial charge on any atom is 0.271 e. The molecular weight excluding hydrogens is 383 g/mol. The molecule has 0 radical (unpaired) electrons. The lowest BCUT2D eigenvalue weighted by Gasteiger charge is -2.30. The van der Waals surface area contributed by atoms with Crippen molar-refractivity contribution in [2.45, 2.75) is 19.1 Å². The zero-order valence-electron chi connectivity index (χ0n) is 15.1. The van der Waals surface area contributed by atoms with Gasteiger partial charge in [-0.15, -0.1) is 11.3 Å². The third kappa shape index (κ3) is 3.50. The Morgan fingerprint density at radius 1 is 1.21 bits per heavy atom. The summed E-state index contributed by atoms with van der Waals surface area (Å²) < 4.78 is 30.4. The fourth-order valence-electron chi connectivity index (χ4n) is 2.87. The van der Waals surface area contributed by atoms with E-state index >= 15 is 0 Å². The van der Waals surface area contributed by atoms with Crippen LogP contribution in [-0.4, -0.2) is 30.2 Å². The van der Waals surface area contributed by atoms with E-state index in [4.69, 9.17) is 14.2 Å². The number of carbonyl (C=O) groups excluding carboxylic acids is 1. The summed E-state index contributed by atoms with van der Waals surface area (Å²) in [4.78, 5) is 17.0. The number of benzene rings is 2. The molecule has 28 heavy (non-hydrogen) atoms. The molecule has 8 heteroatoms. The highest BCUT2D eigenvalue weighted by Gasteiger charge is 2.34. The number of rotatable bonds is 4. The van der Waals surface area contributed by atoms with Crippen LogP contribution in [0.2, 0.25) is 0 Å². The minimum absolute atomic E-state index is 0.163. The summed E-state index contributed by atoms with van der Waals surface area (Å²) in [5.74, 6) is 0.463. The quantitative estimate of drug-likeness (QED) is 0.713. The number of thiazole rings is 1. The van der Waals surface area contributed by atoms with E-state index in [-0.39, 0.29) is 11.7 Å². The summed E-state index contributed by atoms with van der Waals surface area (Å²) in [6, 6.07) is 11.8. The van der Waals surface area contributed by atoms with Crippen LogP contribution in [0, 0.1) is 5.82 Å². The maximum atomic E-state index is 13.9. The Morgan fingerprint density at radius 3 is 2.68 bits per heavy atom. The highest BCUT2D eigenvalue weighted by atomic mass is 32.1. The standard InChI is InChI=1S/C20H17FN2O4S/c1-11-18(27-17-6-4-3-5-16(17)26-11)19(24)23-20-22-14(10-28-20)12-7-8-15(25-2)13(21)9-12/h3-11,18H,1-2H3,(H,22,23,24). The number of halogens is 1. The fraction of sp³-hybridized carbons (Fsp3) is 0.200. The number of anilines is 1. The van der Waals surface area contributed by atoms with Gasteiger partial charge >= 0.3 is 0 Å². The third-order valence-electron chi connectivity index (χ3n) is 4.28. The molecule has 0 saturated carbocycles. The molecule has 2 aromatic carbocycles. The van der Waals surface area contributed by atoms with Gasteiger partial charge < -0.3 is 14.2 Å². The van der Waals surface area contributed by atoms with Gasteiger partial charge in [-0.2, -0.15) is 0 Å². The topological polar surface area (TPSA) is 69.7 Å². The van der Waals surface area contributed by atoms with Crippen LogP contribution in [-0.2, 0) is 4.79 Å². The molecule has 2 heterocycles.